The molecule has 1 heteroatoms. The smallest absolute Gasteiger partial charge is 0.0352 e. The van der Waals surface area contributed by atoms with Crippen LogP contribution in [0.2, 0.25) is 0 Å². The predicted molar refractivity (Wildman–Crippen MR) is 84.9 cm³/mol. The summed E-state index contributed by atoms with van der Waals surface area (Å²) in [5, 5.41) is 3.56. The fourth-order valence-corrected chi connectivity index (χ4v) is 3.59. The largest absolute Gasteiger partial charge is 0.313 e. The molecule has 1 N–H and O–H groups in total. The lowest BCUT2D eigenvalue weighted by Gasteiger charge is -2.32. The van der Waals surface area contributed by atoms with Crippen molar-refractivity contribution >= 4 is 0 Å². The minimum atomic E-state index is 0.463. The first-order valence-electron chi connectivity index (χ1n) is 7.59. The van der Waals surface area contributed by atoms with Crippen LogP contribution in [0.3, 0.4) is 0 Å². The van der Waals surface area contributed by atoms with E-state index in [1.54, 1.807) is 5.56 Å². The maximum absolute atomic E-state index is 3.56. The van der Waals surface area contributed by atoms with Gasteiger partial charge in [0.2, 0.25) is 0 Å². The lowest BCUT2D eigenvalue weighted by molar-refractivity contribution is 0.341. The van der Waals surface area contributed by atoms with E-state index < -0.39 is 0 Å². The summed E-state index contributed by atoms with van der Waals surface area (Å²) < 4.78 is 0. The molecule has 2 atom stereocenters. The maximum Gasteiger partial charge on any atom is 0.0352 e. The molecule has 0 radical (unpaired) electrons. The predicted octanol–water partition coefficient (Wildman–Crippen LogP) is 4.06. The second-order valence-corrected chi connectivity index (χ2v) is 5.89. The van der Waals surface area contributed by atoms with Gasteiger partial charge < -0.3 is 5.32 Å². The van der Waals surface area contributed by atoms with Gasteiger partial charge in [-0.3, -0.25) is 0 Å². The van der Waals surface area contributed by atoms with Gasteiger partial charge in [-0.15, -0.1) is 0 Å². The SMILES string of the molecule is CNC(c1ccccc1C)C1CCc2ccccc2C1. The Hall–Kier alpha value is -1.60. The van der Waals surface area contributed by atoms with Crippen LogP contribution in [0.5, 0.6) is 0 Å². The van der Waals surface area contributed by atoms with Crippen molar-refractivity contribution in [3.05, 3.63) is 70.8 Å². The van der Waals surface area contributed by atoms with Gasteiger partial charge in [-0.2, -0.15) is 0 Å². The summed E-state index contributed by atoms with van der Waals surface area (Å²) in [6.45, 7) is 2.22. The maximum atomic E-state index is 3.56. The topological polar surface area (TPSA) is 12.0 Å². The van der Waals surface area contributed by atoms with E-state index in [0.29, 0.717) is 12.0 Å². The van der Waals surface area contributed by atoms with Gasteiger partial charge in [0.05, 0.1) is 0 Å². The van der Waals surface area contributed by atoms with E-state index in [-0.39, 0.29) is 0 Å². The van der Waals surface area contributed by atoms with Crippen molar-refractivity contribution in [2.75, 3.05) is 7.05 Å². The van der Waals surface area contributed by atoms with E-state index in [2.05, 4.69) is 67.8 Å². The molecule has 1 nitrogen and oxygen atoms in total. The molecule has 0 amide bonds. The highest BCUT2D eigenvalue weighted by Crippen LogP contribution is 2.34. The van der Waals surface area contributed by atoms with Crippen LogP contribution < -0.4 is 5.32 Å². The molecule has 0 fully saturated rings. The molecule has 3 rings (SSSR count). The summed E-state index contributed by atoms with van der Waals surface area (Å²) in [6, 6.07) is 18.2. The molecule has 0 spiro atoms. The summed E-state index contributed by atoms with van der Waals surface area (Å²) in [6.07, 6.45) is 3.68. The van der Waals surface area contributed by atoms with E-state index in [0.717, 1.165) is 0 Å². The van der Waals surface area contributed by atoms with Crippen molar-refractivity contribution in [3.8, 4) is 0 Å². The molecule has 0 saturated carbocycles. The lowest BCUT2D eigenvalue weighted by atomic mass is 9.77. The molecule has 0 aromatic heterocycles. The van der Waals surface area contributed by atoms with Crippen LogP contribution in [0, 0.1) is 12.8 Å². The molecule has 0 heterocycles. The molecule has 2 aromatic rings. The van der Waals surface area contributed by atoms with Crippen LogP contribution >= 0.6 is 0 Å². The third-order valence-electron chi connectivity index (χ3n) is 4.69. The molecule has 1 aliphatic rings. The Morgan fingerprint density at radius 3 is 2.45 bits per heavy atom. The molecular formula is C19H23N. The number of aryl methyl sites for hydroxylation is 2. The summed E-state index contributed by atoms with van der Waals surface area (Å²) in [5.74, 6) is 0.691. The first kappa shape index (κ1) is 13.4. The Bertz CT molecular complexity index is 588. The molecule has 20 heavy (non-hydrogen) atoms. The van der Waals surface area contributed by atoms with Crippen molar-refractivity contribution in [2.45, 2.75) is 32.2 Å². The zero-order valence-electron chi connectivity index (χ0n) is 12.4. The number of hydrogen-bond donors (Lipinski definition) is 1. The van der Waals surface area contributed by atoms with Crippen molar-refractivity contribution in [3.63, 3.8) is 0 Å². The highest BCUT2D eigenvalue weighted by atomic mass is 14.9. The number of benzene rings is 2. The monoisotopic (exact) mass is 265 g/mol. The van der Waals surface area contributed by atoms with Gasteiger partial charge in [-0.25, -0.2) is 0 Å². The number of rotatable bonds is 3. The molecular weight excluding hydrogens is 242 g/mol. The third kappa shape index (κ3) is 2.51. The highest BCUT2D eigenvalue weighted by molar-refractivity contribution is 5.33. The fraction of sp³-hybridized carbons (Fsp3) is 0.368. The minimum Gasteiger partial charge on any atom is -0.313 e. The Morgan fingerprint density at radius 1 is 1.00 bits per heavy atom. The normalized spacial score (nSPS) is 19.4. The van der Waals surface area contributed by atoms with Crippen molar-refractivity contribution < 1.29 is 0 Å². The summed E-state index contributed by atoms with van der Waals surface area (Å²) >= 11 is 0. The lowest BCUT2D eigenvalue weighted by Crippen LogP contribution is -2.30. The quantitative estimate of drug-likeness (QED) is 0.882. The average Bonchev–Trinajstić information content (AvgIpc) is 2.50. The molecule has 0 saturated heterocycles. The van der Waals surface area contributed by atoms with Gasteiger partial charge in [0.25, 0.3) is 0 Å². The summed E-state index contributed by atoms with van der Waals surface area (Å²) in [4.78, 5) is 0. The van der Waals surface area contributed by atoms with Gasteiger partial charge in [0.15, 0.2) is 0 Å². The molecule has 1 aliphatic carbocycles. The van der Waals surface area contributed by atoms with Crippen molar-refractivity contribution in [2.24, 2.45) is 5.92 Å². The molecule has 0 aliphatic heterocycles. The summed E-state index contributed by atoms with van der Waals surface area (Å²) in [7, 11) is 2.09. The van der Waals surface area contributed by atoms with Crippen LogP contribution in [0.25, 0.3) is 0 Å². The van der Waals surface area contributed by atoms with Crippen LogP contribution in [0.15, 0.2) is 48.5 Å². The van der Waals surface area contributed by atoms with Crippen LogP contribution in [-0.2, 0) is 12.8 Å². The number of nitrogens with one attached hydrogen (secondary N) is 1. The van der Waals surface area contributed by atoms with Gasteiger partial charge in [-0.05, 0) is 61.4 Å². The van der Waals surface area contributed by atoms with Crippen LogP contribution in [0.4, 0.5) is 0 Å². The van der Waals surface area contributed by atoms with Gasteiger partial charge in [-0.1, -0.05) is 48.5 Å². The van der Waals surface area contributed by atoms with Crippen molar-refractivity contribution in [1.29, 1.82) is 0 Å². The van der Waals surface area contributed by atoms with E-state index in [1.165, 1.54) is 36.0 Å². The van der Waals surface area contributed by atoms with E-state index in [9.17, 15) is 0 Å². The zero-order chi connectivity index (χ0) is 13.9. The van der Waals surface area contributed by atoms with Crippen LogP contribution in [-0.4, -0.2) is 7.05 Å². The second-order valence-electron chi connectivity index (χ2n) is 5.89. The second kappa shape index (κ2) is 5.80. The first-order chi connectivity index (χ1) is 9.79. The van der Waals surface area contributed by atoms with E-state index in [4.69, 9.17) is 0 Å². The van der Waals surface area contributed by atoms with Gasteiger partial charge >= 0.3 is 0 Å². The Balaban J connectivity index is 1.87. The Kier molecular flexibility index (Phi) is 3.88. The molecule has 0 bridgehead atoms. The molecule has 2 unspecified atom stereocenters. The van der Waals surface area contributed by atoms with Gasteiger partial charge in [0.1, 0.15) is 0 Å². The number of fused-ring (bicyclic) bond motifs is 1. The standard InChI is InChI=1S/C19H23N/c1-14-7-3-6-10-18(14)19(20-2)17-12-11-15-8-4-5-9-16(15)13-17/h3-10,17,19-20H,11-13H2,1-2H3. The highest BCUT2D eigenvalue weighted by Gasteiger charge is 2.26. The van der Waals surface area contributed by atoms with E-state index in [1.807, 2.05) is 0 Å². The zero-order valence-corrected chi connectivity index (χ0v) is 12.4. The van der Waals surface area contributed by atoms with Crippen molar-refractivity contribution in [1.82, 2.24) is 5.32 Å². The summed E-state index contributed by atoms with van der Waals surface area (Å²) in [5.41, 5.74) is 5.94. The third-order valence-corrected chi connectivity index (χ3v) is 4.69. The number of hydrogen-bond acceptors (Lipinski definition) is 1. The Labute approximate surface area is 122 Å². The minimum absolute atomic E-state index is 0.463. The molecule has 104 valence electrons. The first-order valence-corrected chi connectivity index (χ1v) is 7.59. The van der Waals surface area contributed by atoms with E-state index >= 15 is 0 Å². The average molecular weight is 265 g/mol. The Morgan fingerprint density at radius 2 is 1.70 bits per heavy atom. The van der Waals surface area contributed by atoms with Crippen LogP contribution in [0.1, 0.15) is 34.7 Å². The molecule has 2 aromatic carbocycles. The fourth-order valence-electron chi connectivity index (χ4n) is 3.59. The van der Waals surface area contributed by atoms with Gasteiger partial charge in [0, 0.05) is 6.04 Å².